The lowest BCUT2D eigenvalue weighted by Gasteiger charge is -2.16. The predicted molar refractivity (Wildman–Crippen MR) is 135 cm³/mol. The van der Waals surface area contributed by atoms with Gasteiger partial charge < -0.3 is 20.3 Å². The Morgan fingerprint density at radius 1 is 1.11 bits per heavy atom. The largest absolute Gasteiger partial charge is 0.491 e. The standard InChI is InChI=1S/C28H29F2N3O4/c1-17-11-26(37-16-22-23(29)7-4-8-24(22)30)28-32-18(2)27(33(28)15-17)25(35)13-20(14-31)19-5-3-6-21(12-19)36-10-9-34/h3-8,11-12,15,20,34H,9-10,13-14,16,31H2,1-2H3. The number of carbonyl (C=O) groups excluding carboxylic acids is 1. The molecule has 0 saturated heterocycles. The molecule has 9 heteroatoms. The maximum absolute atomic E-state index is 14.1. The van der Waals surface area contributed by atoms with Crippen LogP contribution >= 0.6 is 0 Å². The number of hydrogen-bond acceptors (Lipinski definition) is 6. The number of aliphatic hydroxyl groups excluding tert-OH is 1. The van der Waals surface area contributed by atoms with Crippen molar-refractivity contribution in [3.05, 3.63) is 94.4 Å². The van der Waals surface area contributed by atoms with E-state index in [0.29, 0.717) is 28.5 Å². The first-order chi connectivity index (χ1) is 17.8. The molecule has 1 atom stereocenters. The average molecular weight is 510 g/mol. The van der Waals surface area contributed by atoms with Crippen molar-refractivity contribution in [2.75, 3.05) is 19.8 Å². The maximum Gasteiger partial charge on any atom is 0.182 e. The number of imidazole rings is 1. The van der Waals surface area contributed by atoms with Crippen molar-refractivity contribution in [1.82, 2.24) is 9.38 Å². The summed E-state index contributed by atoms with van der Waals surface area (Å²) in [5.41, 5.74) is 8.78. The number of hydrogen-bond donors (Lipinski definition) is 2. The second-order valence-corrected chi connectivity index (χ2v) is 8.81. The van der Waals surface area contributed by atoms with Gasteiger partial charge in [-0.25, -0.2) is 13.8 Å². The van der Waals surface area contributed by atoms with Crippen LogP contribution in [0.1, 0.15) is 45.2 Å². The quantitative estimate of drug-likeness (QED) is 0.289. The zero-order valence-electron chi connectivity index (χ0n) is 20.7. The summed E-state index contributed by atoms with van der Waals surface area (Å²) >= 11 is 0. The highest BCUT2D eigenvalue weighted by molar-refractivity contribution is 5.97. The molecule has 4 aromatic rings. The number of pyridine rings is 1. The summed E-state index contributed by atoms with van der Waals surface area (Å²) in [5.74, 6) is -0.907. The third kappa shape index (κ3) is 5.79. The van der Waals surface area contributed by atoms with Gasteiger partial charge in [0.1, 0.15) is 36.3 Å². The minimum absolute atomic E-state index is 0.100. The van der Waals surface area contributed by atoms with E-state index in [1.54, 1.807) is 29.7 Å². The van der Waals surface area contributed by atoms with Gasteiger partial charge in [-0.05, 0) is 61.9 Å². The highest BCUT2D eigenvalue weighted by Crippen LogP contribution is 2.29. The van der Waals surface area contributed by atoms with Gasteiger partial charge >= 0.3 is 0 Å². The van der Waals surface area contributed by atoms with Crippen molar-refractivity contribution in [2.45, 2.75) is 32.8 Å². The molecule has 0 fully saturated rings. The third-order valence-corrected chi connectivity index (χ3v) is 6.10. The Bertz CT molecular complexity index is 1400. The number of nitrogens with two attached hydrogens (primary N) is 1. The van der Waals surface area contributed by atoms with Crippen LogP contribution in [0.25, 0.3) is 5.65 Å². The van der Waals surface area contributed by atoms with Gasteiger partial charge in [0.05, 0.1) is 17.9 Å². The van der Waals surface area contributed by atoms with Gasteiger partial charge in [0.2, 0.25) is 0 Å². The Kier molecular flexibility index (Phi) is 8.15. The van der Waals surface area contributed by atoms with E-state index >= 15 is 0 Å². The lowest BCUT2D eigenvalue weighted by atomic mass is 9.92. The van der Waals surface area contributed by atoms with Crippen molar-refractivity contribution in [3.8, 4) is 11.5 Å². The number of ketones is 1. The highest BCUT2D eigenvalue weighted by Gasteiger charge is 2.23. The second kappa shape index (κ2) is 11.5. The normalized spacial score (nSPS) is 12.1. The molecule has 0 aliphatic heterocycles. The molecule has 2 aromatic carbocycles. The van der Waals surface area contributed by atoms with Crippen molar-refractivity contribution in [1.29, 1.82) is 0 Å². The Hall–Kier alpha value is -3.82. The minimum Gasteiger partial charge on any atom is -0.491 e. The van der Waals surface area contributed by atoms with Crippen LogP contribution in [0.3, 0.4) is 0 Å². The summed E-state index contributed by atoms with van der Waals surface area (Å²) in [6.45, 7) is 3.56. The molecule has 4 rings (SSSR count). The minimum atomic E-state index is -0.697. The fraction of sp³-hybridized carbons (Fsp3) is 0.286. The molecular formula is C28H29F2N3O4. The molecule has 0 bridgehead atoms. The lowest BCUT2D eigenvalue weighted by molar-refractivity contribution is 0.0968. The van der Waals surface area contributed by atoms with Crippen molar-refractivity contribution >= 4 is 11.4 Å². The zero-order chi connectivity index (χ0) is 26.5. The third-order valence-electron chi connectivity index (χ3n) is 6.10. The Morgan fingerprint density at radius 2 is 1.84 bits per heavy atom. The average Bonchev–Trinajstić information content (AvgIpc) is 3.21. The number of Topliss-reactive ketones (excluding diaryl/α,β-unsaturated/α-hetero) is 1. The van der Waals surface area contributed by atoms with Crippen LogP contribution in [0.5, 0.6) is 11.5 Å². The summed E-state index contributed by atoms with van der Waals surface area (Å²) in [4.78, 5) is 18.1. The molecule has 2 heterocycles. The van der Waals surface area contributed by atoms with Gasteiger partial charge in [0.25, 0.3) is 0 Å². The van der Waals surface area contributed by atoms with Gasteiger partial charge in [-0.3, -0.25) is 9.20 Å². The van der Waals surface area contributed by atoms with Crippen LogP contribution in [0.15, 0.2) is 54.7 Å². The molecule has 0 radical (unpaired) electrons. The SMILES string of the molecule is Cc1cc(OCc2c(F)cccc2F)c2nc(C)c(C(=O)CC(CN)c3cccc(OCCO)c3)n2c1. The molecule has 0 amide bonds. The Labute approximate surface area is 213 Å². The molecule has 0 saturated carbocycles. The molecule has 0 aliphatic rings. The van der Waals surface area contributed by atoms with Crippen molar-refractivity contribution < 1.29 is 28.2 Å². The van der Waals surface area contributed by atoms with Crippen molar-refractivity contribution in [2.24, 2.45) is 5.73 Å². The van der Waals surface area contributed by atoms with E-state index in [4.69, 9.17) is 20.3 Å². The van der Waals surface area contributed by atoms with Crippen LogP contribution in [0, 0.1) is 25.5 Å². The van der Waals surface area contributed by atoms with E-state index in [0.717, 1.165) is 11.1 Å². The number of halogens is 2. The second-order valence-electron chi connectivity index (χ2n) is 8.81. The molecule has 37 heavy (non-hydrogen) atoms. The summed E-state index contributed by atoms with van der Waals surface area (Å²) in [7, 11) is 0. The monoisotopic (exact) mass is 509 g/mol. The first-order valence-corrected chi connectivity index (χ1v) is 11.9. The van der Waals surface area contributed by atoms with Crippen molar-refractivity contribution in [3.63, 3.8) is 0 Å². The van der Waals surface area contributed by atoms with E-state index in [1.807, 2.05) is 25.1 Å². The van der Waals surface area contributed by atoms with Crippen LogP contribution in [-0.4, -0.2) is 40.0 Å². The number of aliphatic hydroxyl groups is 1. The number of carbonyl (C=O) groups is 1. The molecule has 7 nitrogen and oxygen atoms in total. The summed E-state index contributed by atoms with van der Waals surface area (Å²) < 4.78 is 41.1. The molecule has 1 unspecified atom stereocenters. The lowest BCUT2D eigenvalue weighted by Crippen LogP contribution is -2.18. The number of nitrogens with zero attached hydrogens (tertiary/aromatic N) is 2. The Balaban J connectivity index is 1.61. The fourth-order valence-corrected chi connectivity index (χ4v) is 4.30. The molecule has 3 N–H and O–H groups in total. The predicted octanol–water partition coefficient (Wildman–Crippen LogP) is 4.49. The molecule has 0 spiro atoms. The first-order valence-electron chi connectivity index (χ1n) is 11.9. The summed E-state index contributed by atoms with van der Waals surface area (Å²) in [6, 6.07) is 12.7. The van der Waals surface area contributed by atoms with Gasteiger partial charge in [-0.2, -0.15) is 0 Å². The zero-order valence-corrected chi connectivity index (χ0v) is 20.7. The van der Waals surface area contributed by atoms with Gasteiger partial charge in [0, 0.05) is 18.5 Å². The van der Waals surface area contributed by atoms with Gasteiger partial charge in [-0.1, -0.05) is 18.2 Å². The highest BCUT2D eigenvalue weighted by atomic mass is 19.1. The number of benzene rings is 2. The molecule has 2 aromatic heterocycles. The number of ether oxygens (including phenoxy) is 2. The Morgan fingerprint density at radius 3 is 2.54 bits per heavy atom. The number of aryl methyl sites for hydroxylation is 2. The van der Waals surface area contributed by atoms with E-state index in [2.05, 4.69) is 4.98 Å². The van der Waals surface area contributed by atoms with E-state index < -0.39 is 11.6 Å². The van der Waals surface area contributed by atoms with E-state index in [9.17, 15) is 13.6 Å². The van der Waals surface area contributed by atoms with Crippen LogP contribution in [-0.2, 0) is 6.61 Å². The maximum atomic E-state index is 14.1. The smallest absolute Gasteiger partial charge is 0.182 e. The number of aromatic nitrogens is 2. The van der Waals surface area contributed by atoms with Gasteiger partial charge in [-0.15, -0.1) is 0 Å². The van der Waals surface area contributed by atoms with E-state index in [1.165, 1.54) is 18.2 Å². The topological polar surface area (TPSA) is 99.1 Å². The fourth-order valence-electron chi connectivity index (χ4n) is 4.30. The summed E-state index contributed by atoms with van der Waals surface area (Å²) in [6.07, 6.45) is 1.92. The number of rotatable bonds is 11. The van der Waals surface area contributed by atoms with Crippen LogP contribution in [0.4, 0.5) is 8.78 Å². The molecule has 0 aliphatic carbocycles. The number of fused-ring (bicyclic) bond motifs is 1. The van der Waals surface area contributed by atoms with Crippen LogP contribution in [0.2, 0.25) is 0 Å². The van der Waals surface area contributed by atoms with Gasteiger partial charge in [0.15, 0.2) is 17.2 Å². The molecule has 194 valence electrons. The molecular weight excluding hydrogens is 480 g/mol. The van der Waals surface area contributed by atoms with Crippen LogP contribution < -0.4 is 15.2 Å². The summed E-state index contributed by atoms with van der Waals surface area (Å²) in [5, 5.41) is 9.00. The van der Waals surface area contributed by atoms with E-state index in [-0.39, 0.29) is 50.1 Å². The first kappa shape index (κ1) is 26.2.